The summed E-state index contributed by atoms with van der Waals surface area (Å²) in [5.74, 6) is -0.589. The summed E-state index contributed by atoms with van der Waals surface area (Å²) in [5.41, 5.74) is 0.278. The highest BCUT2D eigenvalue weighted by molar-refractivity contribution is 6.05. The minimum atomic E-state index is -0.943. The molecule has 170 valence electrons. The predicted octanol–water partition coefficient (Wildman–Crippen LogP) is 3.00. The third-order valence-electron chi connectivity index (χ3n) is 6.07. The predicted molar refractivity (Wildman–Crippen MR) is 122 cm³/mol. The summed E-state index contributed by atoms with van der Waals surface area (Å²) in [6, 6.07) is 7.36. The molecule has 0 bridgehead atoms. The summed E-state index contributed by atoms with van der Waals surface area (Å²) in [6.07, 6.45) is 4.02. The topological polar surface area (TPSA) is 116 Å². The van der Waals surface area contributed by atoms with E-state index < -0.39 is 17.4 Å². The molecule has 2 atom stereocenters. The lowest BCUT2D eigenvalue weighted by Gasteiger charge is -2.36. The van der Waals surface area contributed by atoms with Gasteiger partial charge in [-0.15, -0.1) is 0 Å². The maximum atomic E-state index is 13.1. The van der Waals surface area contributed by atoms with Crippen LogP contribution in [0.15, 0.2) is 29.1 Å². The molecular formula is C23H29N5O4. The molecule has 32 heavy (non-hydrogen) atoms. The summed E-state index contributed by atoms with van der Waals surface area (Å²) >= 11 is 0. The molecule has 3 heterocycles. The van der Waals surface area contributed by atoms with Gasteiger partial charge in [-0.2, -0.15) is 4.98 Å². The number of nitrogens with zero attached hydrogens (tertiary/aromatic N) is 2. The largest absolute Gasteiger partial charge is 0.492 e. The Kier molecular flexibility index (Phi) is 6.43. The fourth-order valence-corrected chi connectivity index (χ4v) is 4.49. The van der Waals surface area contributed by atoms with Crippen LogP contribution in [0.4, 0.5) is 17.5 Å². The fraction of sp³-hybridized carbons (Fsp3) is 0.478. The molecule has 1 aromatic carbocycles. The van der Waals surface area contributed by atoms with E-state index in [2.05, 4.69) is 32.4 Å². The van der Waals surface area contributed by atoms with E-state index in [9.17, 15) is 14.4 Å². The summed E-state index contributed by atoms with van der Waals surface area (Å²) in [5, 5.41) is 5.51. The Labute approximate surface area is 186 Å². The lowest BCUT2D eigenvalue weighted by molar-refractivity contribution is -0.123. The molecule has 9 heteroatoms. The van der Waals surface area contributed by atoms with Crippen LogP contribution in [-0.2, 0) is 9.59 Å². The molecule has 1 aromatic heterocycles. The fourth-order valence-electron chi connectivity index (χ4n) is 4.49. The molecule has 0 radical (unpaired) electrons. The number of hydrogen-bond acceptors (Lipinski definition) is 6. The van der Waals surface area contributed by atoms with Gasteiger partial charge in [0.25, 0.3) is 5.56 Å². The molecule has 0 aliphatic carbocycles. The Bertz CT molecular complexity index is 1070. The molecule has 4 rings (SSSR count). The molecule has 2 aliphatic heterocycles. The van der Waals surface area contributed by atoms with Gasteiger partial charge >= 0.3 is 0 Å². The van der Waals surface area contributed by atoms with E-state index >= 15 is 0 Å². The number of amides is 2. The van der Waals surface area contributed by atoms with Crippen LogP contribution in [0.3, 0.4) is 0 Å². The number of rotatable bonds is 6. The van der Waals surface area contributed by atoms with Crippen LogP contribution < -0.4 is 25.8 Å². The first-order chi connectivity index (χ1) is 15.5. The van der Waals surface area contributed by atoms with Crippen LogP contribution in [0.1, 0.15) is 57.4 Å². The molecular weight excluding hydrogens is 410 g/mol. The van der Waals surface area contributed by atoms with Gasteiger partial charge in [-0.25, -0.2) is 0 Å². The van der Waals surface area contributed by atoms with Gasteiger partial charge < -0.3 is 20.3 Å². The highest BCUT2D eigenvalue weighted by Gasteiger charge is 2.36. The molecule has 2 aliphatic rings. The Morgan fingerprint density at radius 2 is 2.06 bits per heavy atom. The SMILES string of the molecule is CCOc1ccccc1NC(=O)[C@H]1CC(=O)Nc2nc(N3CCCC[C@H]3CC)[nH]c(=O)c21. The third-order valence-corrected chi connectivity index (χ3v) is 6.07. The van der Waals surface area contributed by atoms with E-state index in [4.69, 9.17) is 4.74 Å². The zero-order valence-corrected chi connectivity index (χ0v) is 18.4. The summed E-state index contributed by atoms with van der Waals surface area (Å²) in [7, 11) is 0. The first-order valence-corrected chi connectivity index (χ1v) is 11.2. The molecule has 0 saturated carbocycles. The second kappa shape index (κ2) is 9.42. The van der Waals surface area contributed by atoms with Crippen molar-refractivity contribution >= 4 is 29.3 Å². The number of fused-ring (bicyclic) bond motifs is 1. The lowest BCUT2D eigenvalue weighted by atomic mass is 9.92. The van der Waals surface area contributed by atoms with Crippen molar-refractivity contribution in [2.45, 2.75) is 57.9 Å². The number of ether oxygens (including phenoxy) is 1. The quantitative estimate of drug-likeness (QED) is 0.637. The molecule has 9 nitrogen and oxygen atoms in total. The smallest absolute Gasteiger partial charge is 0.258 e. The normalized spacial score (nSPS) is 20.3. The van der Waals surface area contributed by atoms with Gasteiger partial charge in [0.2, 0.25) is 17.8 Å². The number of benzene rings is 1. The number of carbonyl (C=O) groups is 2. The molecule has 2 amide bonds. The van der Waals surface area contributed by atoms with Crippen molar-refractivity contribution < 1.29 is 14.3 Å². The number of nitrogens with one attached hydrogen (secondary N) is 3. The molecule has 1 saturated heterocycles. The Morgan fingerprint density at radius 3 is 2.84 bits per heavy atom. The number of anilines is 3. The Balaban J connectivity index is 1.65. The maximum Gasteiger partial charge on any atom is 0.258 e. The van der Waals surface area contributed by atoms with Crippen molar-refractivity contribution in [1.82, 2.24) is 9.97 Å². The lowest BCUT2D eigenvalue weighted by Crippen LogP contribution is -2.43. The molecule has 2 aromatic rings. The average molecular weight is 440 g/mol. The van der Waals surface area contributed by atoms with Crippen LogP contribution in [-0.4, -0.2) is 41.0 Å². The van der Waals surface area contributed by atoms with E-state index in [1.54, 1.807) is 18.2 Å². The van der Waals surface area contributed by atoms with Gasteiger partial charge in [-0.3, -0.25) is 19.4 Å². The second-order valence-corrected chi connectivity index (χ2v) is 8.13. The number of H-pyrrole nitrogens is 1. The van der Waals surface area contributed by atoms with Crippen LogP contribution in [0.25, 0.3) is 0 Å². The van der Waals surface area contributed by atoms with E-state index in [1.807, 2.05) is 13.0 Å². The number of carbonyl (C=O) groups excluding carboxylic acids is 2. The number of aromatic amines is 1. The Hall–Kier alpha value is -3.36. The zero-order valence-electron chi connectivity index (χ0n) is 18.4. The van der Waals surface area contributed by atoms with Gasteiger partial charge in [-0.05, 0) is 44.7 Å². The minimum Gasteiger partial charge on any atom is -0.492 e. The van der Waals surface area contributed by atoms with Gasteiger partial charge in [-0.1, -0.05) is 19.1 Å². The first kappa shape index (κ1) is 21.9. The molecule has 3 N–H and O–H groups in total. The van der Waals surface area contributed by atoms with Gasteiger partial charge in [0.15, 0.2) is 0 Å². The summed E-state index contributed by atoms with van der Waals surface area (Å²) in [4.78, 5) is 48.2. The van der Waals surface area contributed by atoms with Crippen molar-refractivity contribution in [3.05, 3.63) is 40.2 Å². The van der Waals surface area contributed by atoms with Crippen molar-refractivity contribution in [2.24, 2.45) is 0 Å². The van der Waals surface area contributed by atoms with Crippen molar-refractivity contribution in [3.63, 3.8) is 0 Å². The van der Waals surface area contributed by atoms with E-state index in [1.165, 1.54) is 0 Å². The van der Waals surface area contributed by atoms with Crippen molar-refractivity contribution in [3.8, 4) is 5.75 Å². The van der Waals surface area contributed by atoms with Crippen molar-refractivity contribution in [2.75, 3.05) is 28.7 Å². The van der Waals surface area contributed by atoms with E-state index in [0.29, 0.717) is 30.0 Å². The van der Waals surface area contributed by atoms with E-state index in [0.717, 1.165) is 32.2 Å². The van der Waals surface area contributed by atoms with Crippen LogP contribution >= 0.6 is 0 Å². The molecule has 1 fully saturated rings. The average Bonchev–Trinajstić information content (AvgIpc) is 2.79. The summed E-state index contributed by atoms with van der Waals surface area (Å²) in [6.45, 7) is 5.21. The summed E-state index contributed by atoms with van der Waals surface area (Å²) < 4.78 is 5.56. The molecule has 0 unspecified atom stereocenters. The van der Waals surface area contributed by atoms with Crippen molar-refractivity contribution in [1.29, 1.82) is 0 Å². The number of piperidine rings is 1. The number of aromatic nitrogens is 2. The van der Waals surface area contributed by atoms with E-state index in [-0.39, 0.29) is 23.7 Å². The maximum absolute atomic E-state index is 13.1. The second-order valence-electron chi connectivity index (χ2n) is 8.13. The Morgan fingerprint density at radius 1 is 1.25 bits per heavy atom. The highest BCUT2D eigenvalue weighted by Crippen LogP contribution is 2.33. The first-order valence-electron chi connectivity index (χ1n) is 11.2. The monoisotopic (exact) mass is 439 g/mol. The molecule has 0 spiro atoms. The number of para-hydroxylation sites is 2. The number of hydrogen-bond donors (Lipinski definition) is 3. The van der Waals surface area contributed by atoms with Gasteiger partial charge in [0.1, 0.15) is 11.6 Å². The van der Waals surface area contributed by atoms with Gasteiger partial charge in [0, 0.05) is 19.0 Å². The standard InChI is InChI=1S/C23H29N5O4/c1-3-14-9-7-8-12-28(14)23-26-20-19(22(31)27-23)15(13-18(29)25-20)21(30)24-16-10-5-6-11-17(16)32-4-2/h5-6,10-11,14-15H,3-4,7-9,12-13H2,1-2H3,(H,24,30)(H2,25,26,27,29,31)/t14-,15+/m1/s1. The van der Waals surface area contributed by atoms with Crippen LogP contribution in [0.5, 0.6) is 5.75 Å². The minimum absolute atomic E-state index is 0.124. The highest BCUT2D eigenvalue weighted by atomic mass is 16.5. The van der Waals surface area contributed by atoms with Crippen LogP contribution in [0.2, 0.25) is 0 Å². The van der Waals surface area contributed by atoms with Crippen LogP contribution in [0, 0.1) is 0 Å². The zero-order chi connectivity index (χ0) is 22.7. The van der Waals surface area contributed by atoms with Gasteiger partial charge in [0.05, 0.1) is 23.8 Å². The third kappa shape index (κ3) is 4.32.